The molecule has 4 heterocycles. The van der Waals surface area contributed by atoms with Crippen molar-refractivity contribution in [3.8, 4) is 0 Å². The van der Waals surface area contributed by atoms with E-state index in [1.807, 2.05) is 6.33 Å². The Hall–Kier alpha value is -0.950. The van der Waals surface area contributed by atoms with Crippen molar-refractivity contribution in [3.05, 3.63) is 17.7 Å². The number of likely N-dealkylation sites (tertiary alicyclic amines) is 1. The highest BCUT2D eigenvalue weighted by molar-refractivity contribution is 5.16. The number of aromatic nitrogens is 2. The molecule has 0 radical (unpaired) electrons. The third-order valence-electron chi connectivity index (χ3n) is 5.10. The normalized spacial score (nSPS) is 31.4. The molecule has 0 aromatic carbocycles. The molecule has 0 amide bonds. The lowest BCUT2D eigenvalue weighted by atomic mass is 10.1. The first-order chi connectivity index (χ1) is 10.4. The summed E-state index contributed by atoms with van der Waals surface area (Å²) in [4.78, 5) is 12.9. The maximum atomic E-state index is 5.46. The summed E-state index contributed by atoms with van der Waals surface area (Å²) in [6, 6.07) is 1.28. The molecule has 6 nitrogen and oxygen atoms in total. The van der Waals surface area contributed by atoms with Crippen molar-refractivity contribution < 1.29 is 4.74 Å². The quantitative estimate of drug-likeness (QED) is 0.810. The minimum atomic E-state index is 0.546. The van der Waals surface area contributed by atoms with Crippen LogP contribution < -0.4 is 5.32 Å². The first kappa shape index (κ1) is 13.7. The van der Waals surface area contributed by atoms with Crippen LogP contribution in [-0.2, 0) is 17.7 Å². The standard InChI is InChI=1S/C15H25N5O/c1-2-19(10-13(1)20-3-5-21-6-4-20)9-12-7-14-15(8-16-12)18-11-17-14/h11-13,16H,1-10H2,(H,17,18). The second-order valence-corrected chi connectivity index (χ2v) is 6.46. The number of morpholine rings is 1. The predicted octanol–water partition coefficient (Wildman–Crippen LogP) is -0.169. The Balaban J connectivity index is 1.29. The van der Waals surface area contributed by atoms with Gasteiger partial charge in [0, 0.05) is 51.2 Å². The molecule has 2 fully saturated rings. The topological polar surface area (TPSA) is 56.4 Å². The minimum absolute atomic E-state index is 0.546. The van der Waals surface area contributed by atoms with Crippen LogP contribution in [0, 0.1) is 0 Å². The molecule has 6 heteroatoms. The van der Waals surface area contributed by atoms with Gasteiger partial charge in [-0.05, 0) is 13.0 Å². The number of imidazole rings is 1. The second-order valence-electron chi connectivity index (χ2n) is 6.46. The molecular formula is C15H25N5O. The predicted molar refractivity (Wildman–Crippen MR) is 80.2 cm³/mol. The lowest BCUT2D eigenvalue weighted by Gasteiger charge is -2.33. The van der Waals surface area contributed by atoms with Gasteiger partial charge in [0.2, 0.25) is 0 Å². The fourth-order valence-corrected chi connectivity index (χ4v) is 3.89. The summed E-state index contributed by atoms with van der Waals surface area (Å²) >= 11 is 0. The molecular weight excluding hydrogens is 266 g/mol. The van der Waals surface area contributed by atoms with E-state index < -0.39 is 0 Å². The summed E-state index contributed by atoms with van der Waals surface area (Å²) in [6.07, 6.45) is 4.18. The number of ether oxygens (including phenoxy) is 1. The summed E-state index contributed by atoms with van der Waals surface area (Å²) in [5, 5.41) is 3.64. The molecule has 116 valence electrons. The van der Waals surface area contributed by atoms with Crippen molar-refractivity contribution in [1.82, 2.24) is 25.1 Å². The van der Waals surface area contributed by atoms with Crippen molar-refractivity contribution in [2.75, 3.05) is 45.9 Å². The molecule has 1 aromatic heterocycles. The van der Waals surface area contributed by atoms with Gasteiger partial charge in [-0.25, -0.2) is 4.98 Å². The van der Waals surface area contributed by atoms with Gasteiger partial charge in [0.05, 0.1) is 30.9 Å². The van der Waals surface area contributed by atoms with Crippen LogP contribution in [0.3, 0.4) is 0 Å². The molecule has 2 unspecified atom stereocenters. The molecule has 0 spiro atoms. The molecule has 0 saturated carbocycles. The minimum Gasteiger partial charge on any atom is -0.379 e. The SMILES string of the molecule is c1nc2c([nH]1)CNC(CN1CCC(N3CCOCC3)C1)C2. The van der Waals surface area contributed by atoms with Crippen LogP contribution in [0.15, 0.2) is 6.33 Å². The summed E-state index contributed by atoms with van der Waals surface area (Å²) in [7, 11) is 0. The van der Waals surface area contributed by atoms with Gasteiger partial charge in [-0.15, -0.1) is 0 Å². The van der Waals surface area contributed by atoms with Gasteiger partial charge in [0.25, 0.3) is 0 Å². The zero-order chi connectivity index (χ0) is 14.1. The third kappa shape index (κ3) is 2.99. The van der Waals surface area contributed by atoms with Gasteiger partial charge in [-0.2, -0.15) is 0 Å². The monoisotopic (exact) mass is 291 g/mol. The fourth-order valence-electron chi connectivity index (χ4n) is 3.89. The second kappa shape index (κ2) is 6.04. The van der Waals surface area contributed by atoms with E-state index in [2.05, 4.69) is 25.1 Å². The smallest absolute Gasteiger partial charge is 0.0925 e. The number of nitrogens with one attached hydrogen (secondary N) is 2. The molecule has 2 atom stereocenters. The number of nitrogens with zero attached hydrogens (tertiary/aromatic N) is 3. The highest BCUT2D eigenvalue weighted by Gasteiger charge is 2.30. The third-order valence-corrected chi connectivity index (χ3v) is 5.10. The van der Waals surface area contributed by atoms with E-state index in [0.717, 1.165) is 51.9 Å². The van der Waals surface area contributed by atoms with Gasteiger partial charge in [0.15, 0.2) is 0 Å². The molecule has 0 bridgehead atoms. The van der Waals surface area contributed by atoms with Crippen molar-refractivity contribution >= 4 is 0 Å². The van der Waals surface area contributed by atoms with Crippen LogP contribution >= 0.6 is 0 Å². The zero-order valence-electron chi connectivity index (χ0n) is 12.6. The van der Waals surface area contributed by atoms with Crippen LogP contribution in [0.25, 0.3) is 0 Å². The molecule has 1 aromatic rings. The van der Waals surface area contributed by atoms with E-state index in [9.17, 15) is 0 Å². The number of aromatic amines is 1. The average molecular weight is 291 g/mol. The van der Waals surface area contributed by atoms with E-state index in [4.69, 9.17) is 4.74 Å². The van der Waals surface area contributed by atoms with E-state index in [1.165, 1.54) is 30.9 Å². The fraction of sp³-hybridized carbons (Fsp3) is 0.800. The van der Waals surface area contributed by atoms with E-state index in [-0.39, 0.29) is 0 Å². The first-order valence-electron chi connectivity index (χ1n) is 8.17. The van der Waals surface area contributed by atoms with Crippen LogP contribution in [0.2, 0.25) is 0 Å². The van der Waals surface area contributed by atoms with Crippen LogP contribution in [0.4, 0.5) is 0 Å². The molecule has 2 N–H and O–H groups in total. The Labute approximate surface area is 125 Å². The van der Waals surface area contributed by atoms with E-state index in [0.29, 0.717) is 6.04 Å². The van der Waals surface area contributed by atoms with Gasteiger partial charge in [-0.1, -0.05) is 0 Å². The molecule has 0 aliphatic carbocycles. The zero-order valence-corrected chi connectivity index (χ0v) is 12.6. The molecule has 21 heavy (non-hydrogen) atoms. The number of rotatable bonds is 3. The summed E-state index contributed by atoms with van der Waals surface area (Å²) in [5.74, 6) is 0. The Morgan fingerprint density at radius 2 is 2.19 bits per heavy atom. The van der Waals surface area contributed by atoms with Crippen LogP contribution in [0.1, 0.15) is 17.8 Å². The summed E-state index contributed by atoms with van der Waals surface area (Å²) in [6.45, 7) is 8.55. The van der Waals surface area contributed by atoms with E-state index >= 15 is 0 Å². The Bertz CT molecular complexity index is 470. The molecule has 3 aliphatic rings. The molecule has 4 rings (SSSR count). The molecule has 2 saturated heterocycles. The maximum Gasteiger partial charge on any atom is 0.0925 e. The number of hydrogen-bond acceptors (Lipinski definition) is 5. The highest BCUT2D eigenvalue weighted by Crippen LogP contribution is 2.19. The lowest BCUT2D eigenvalue weighted by Crippen LogP contribution is -2.47. The molecule has 3 aliphatic heterocycles. The maximum absolute atomic E-state index is 5.46. The van der Waals surface area contributed by atoms with E-state index in [1.54, 1.807) is 0 Å². The average Bonchev–Trinajstić information content (AvgIpc) is 3.17. The van der Waals surface area contributed by atoms with Crippen molar-refractivity contribution in [2.24, 2.45) is 0 Å². The summed E-state index contributed by atoms with van der Waals surface area (Å²) in [5.41, 5.74) is 2.52. The highest BCUT2D eigenvalue weighted by atomic mass is 16.5. The first-order valence-corrected chi connectivity index (χ1v) is 8.17. The number of hydrogen-bond donors (Lipinski definition) is 2. The Morgan fingerprint density at radius 1 is 1.29 bits per heavy atom. The van der Waals surface area contributed by atoms with Crippen molar-refractivity contribution in [3.63, 3.8) is 0 Å². The van der Waals surface area contributed by atoms with Gasteiger partial charge < -0.3 is 19.9 Å². The van der Waals surface area contributed by atoms with Gasteiger partial charge in [-0.3, -0.25) is 4.90 Å². The van der Waals surface area contributed by atoms with Crippen molar-refractivity contribution in [1.29, 1.82) is 0 Å². The summed E-state index contributed by atoms with van der Waals surface area (Å²) < 4.78 is 5.46. The van der Waals surface area contributed by atoms with Crippen LogP contribution in [-0.4, -0.2) is 77.8 Å². The Morgan fingerprint density at radius 3 is 3.10 bits per heavy atom. The number of fused-ring (bicyclic) bond motifs is 1. The van der Waals surface area contributed by atoms with Crippen LogP contribution in [0.5, 0.6) is 0 Å². The van der Waals surface area contributed by atoms with Gasteiger partial charge >= 0.3 is 0 Å². The largest absolute Gasteiger partial charge is 0.379 e. The lowest BCUT2D eigenvalue weighted by molar-refractivity contribution is 0.0183. The Kier molecular flexibility index (Phi) is 3.94. The number of H-pyrrole nitrogens is 1. The van der Waals surface area contributed by atoms with Gasteiger partial charge in [0.1, 0.15) is 0 Å². The van der Waals surface area contributed by atoms with Crippen molar-refractivity contribution in [2.45, 2.75) is 31.5 Å².